The lowest BCUT2D eigenvalue weighted by Crippen LogP contribution is -2.44. The minimum atomic E-state index is -4.00. The Bertz CT molecular complexity index is 1770. The number of H-pyrrole nitrogens is 1. The van der Waals surface area contributed by atoms with Crippen LogP contribution in [0.3, 0.4) is 0 Å². The normalized spacial score (nSPS) is 15.3. The van der Waals surface area contributed by atoms with Gasteiger partial charge in [0.15, 0.2) is 32.4 Å². The zero-order chi connectivity index (χ0) is 30.7. The number of aryl methyl sites for hydroxylation is 1. The standard InChI is InChI=1S/C27H28FN7O6S2/c1-16-11-23(33-32-16)29-25-24(40-3)26(34-9-10-41-14-17(34)2)31-27(30-25)42-22-8-7-20(13-21(22)28)43(38,39)15-18-5-4-6-19(12-18)35(36)37/h4-8,11-13,17H,9-10,14-15H2,1-3H3,(H2,29,30,31,32,33)/t17-/m1/s1. The van der Waals surface area contributed by atoms with Crippen LogP contribution in [0.5, 0.6) is 5.75 Å². The zero-order valence-corrected chi connectivity index (χ0v) is 25.0. The lowest BCUT2D eigenvalue weighted by molar-refractivity contribution is -0.384. The lowest BCUT2D eigenvalue weighted by Gasteiger charge is -2.35. The van der Waals surface area contributed by atoms with E-state index in [2.05, 4.69) is 20.5 Å². The fraction of sp³-hybridized carbons (Fsp3) is 0.296. The monoisotopic (exact) mass is 629 g/mol. The molecule has 43 heavy (non-hydrogen) atoms. The van der Waals surface area contributed by atoms with Gasteiger partial charge in [-0.25, -0.2) is 22.8 Å². The maximum Gasteiger partial charge on any atom is 0.269 e. The average molecular weight is 630 g/mol. The van der Waals surface area contributed by atoms with Crippen LogP contribution in [-0.4, -0.2) is 66.4 Å². The van der Waals surface area contributed by atoms with E-state index in [1.807, 2.05) is 18.7 Å². The average Bonchev–Trinajstić information content (AvgIpc) is 3.38. The molecule has 1 aliphatic rings. The van der Waals surface area contributed by atoms with E-state index in [9.17, 15) is 18.5 Å². The third kappa shape index (κ3) is 6.87. The van der Waals surface area contributed by atoms with Crippen LogP contribution in [0.1, 0.15) is 18.2 Å². The topological polar surface area (TPSA) is 165 Å². The number of rotatable bonds is 10. The predicted molar refractivity (Wildman–Crippen MR) is 157 cm³/mol. The van der Waals surface area contributed by atoms with Crippen molar-refractivity contribution in [3.63, 3.8) is 0 Å². The maximum atomic E-state index is 15.4. The minimum Gasteiger partial charge on any atom is -0.490 e. The summed E-state index contributed by atoms with van der Waals surface area (Å²) < 4.78 is 52.7. The molecule has 13 nitrogen and oxygen atoms in total. The van der Waals surface area contributed by atoms with E-state index < -0.39 is 26.3 Å². The number of nitrogens with one attached hydrogen (secondary N) is 2. The Morgan fingerprint density at radius 2 is 2.07 bits per heavy atom. The number of benzene rings is 2. The smallest absolute Gasteiger partial charge is 0.269 e. The number of nitrogens with zero attached hydrogens (tertiary/aromatic N) is 5. The van der Waals surface area contributed by atoms with Gasteiger partial charge in [0.2, 0.25) is 5.75 Å². The Labute approximate surface area is 250 Å². The summed E-state index contributed by atoms with van der Waals surface area (Å²) in [6.07, 6.45) is 0. The molecule has 2 aromatic heterocycles. The molecule has 0 spiro atoms. The fourth-order valence-corrected chi connectivity index (χ4v) is 6.60. The summed E-state index contributed by atoms with van der Waals surface area (Å²) in [6, 6.07) is 10.6. The number of morpholine rings is 1. The largest absolute Gasteiger partial charge is 0.490 e. The Balaban J connectivity index is 1.46. The first kappa shape index (κ1) is 30.2. The molecule has 2 N–H and O–H groups in total. The SMILES string of the molecule is COc1c(Nc2cc(C)[nH]n2)nc(Sc2ccc(S(=O)(=O)Cc3cccc([N+](=O)[O-])c3)cc2F)nc1N1CCOC[C@H]1C. The van der Waals surface area contributed by atoms with Gasteiger partial charge in [0.25, 0.3) is 5.69 Å². The fourth-order valence-electron chi connectivity index (χ4n) is 4.50. The van der Waals surface area contributed by atoms with Crippen molar-refractivity contribution < 1.29 is 27.2 Å². The molecule has 1 saturated heterocycles. The van der Waals surface area contributed by atoms with Crippen LogP contribution in [0, 0.1) is 22.9 Å². The van der Waals surface area contributed by atoms with Crippen molar-refractivity contribution in [3.05, 3.63) is 75.7 Å². The molecule has 2 aromatic carbocycles. The number of nitro groups is 1. The second-order valence-electron chi connectivity index (χ2n) is 9.77. The summed E-state index contributed by atoms with van der Waals surface area (Å²) in [7, 11) is -2.49. The number of hydrogen-bond donors (Lipinski definition) is 2. The van der Waals surface area contributed by atoms with E-state index in [1.54, 1.807) is 6.07 Å². The van der Waals surface area contributed by atoms with Crippen molar-refractivity contribution in [2.45, 2.75) is 40.6 Å². The summed E-state index contributed by atoms with van der Waals surface area (Å²) in [4.78, 5) is 21.6. The van der Waals surface area contributed by atoms with Gasteiger partial charge in [-0.1, -0.05) is 12.1 Å². The number of nitro benzene ring substituents is 1. The number of non-ortho nitro benzene ring substituents is 1. The zero-order valence-electron chi connectivity index (χ0n) is 23.4. The molecule has 3 heterocycles. The molecule has 1 fully saturated rings. The molecule has 4 aromatic rings. The highest BCUT2D eigenvalue weighted by molar-refractivity contribution is 7.99. The minimum absolute atomic E-state index is 0.0249. The second-order valence-corrected chi connectivity index (χ2v) is 12.8. The molecule has 0 aliphatic carbocycles. The van der Waals surface area contributed by atoms with Gasteiger partial charge in [-0.15, -0.1) is 0 Å². The summed E-state index contributed by atoms with van der Waals surface area (Å²) in [6.45, 7) is 5.36. The van der Waals surface area contributed by atoms with Crippen LogP contribution in [0.4, 0.5) is 27.5 Å². The third-order valence-corrected chi connectivity index (χ3v) is 9.17. The molecule has 0 radical (unpaired) electrons. The van der Waals surface area contributed by atoms with Crippen molar-refractivity contribution in [2.24, 2.45) is 0 Å². The molecule has 0 unspecified atom stereocenters. The Morgan fingerprint density at radius 3 is 2.74 bits per heavy atom. The van der Waals surface area contributed by atoms with Crippen molar-refractivity contribution in [3.8, 4) is 5.75 Å². The number of ether oxygens (including phenoxy) is 2. The summed E-state index contributed by atoms with van der Waals surface area (Å²) >= 11 is 0.923. The second kappa shape index (κ2) is 12.5. The number of hydrogen-bond acceptors (Lipinski definition) is 12. The number of aromatic amines is 1. The van der Waals surface area contributed by atoms with E-state index in [-0.39, 0.29) is 32.2 Å². The molecule has 5 rings (SSSR count). The van der Waals surface area contributed by atoms with Crippen LogP contribution in [0.15, 0.2) is 63.5 Å². The first-order chi connectivity index (χ1) is 20.5. The van der Waals surface area contributed by atoms with Crippen LogP contribution in [0.25, 0.3) is 0 Å². The van der Waals surface area contributed by atoms with Crippen LogP contribution >= 0.6 is 11.8 Å². The number of methoxy groups -OCH3 is 1. The summed E-state index contributed by atoms with van der Waals surface area (Å²) in [5.41, 5.74) is 0.818. The predicted octanol–water partition coefficient (Wildman–Crippen LogP) is 4.66. The number of aromatic nitrogens is 4. The number of halogens is 1. The molecule has 16 heteroatoms. The van der Waals surface area contributed by atoms with Gasteiger partial charge in [0.1, 0.15) is 5.82 Å². The number of anilines is 3. The van der Waals surface area contributed by atoms with Gasteiger partial charge in [-0.05, 0) is 49.4 Å². The van der Waals surface area contributed by atoms with Gasteiger partial charge in [-0.3, -0.25) is 15.2 Å². The molecular formula is C27H28FN7O6S2. The lowest BCUT2D eigenvalue weighted by atomic mass is 10.2. The Kier molecular flexibility index (Phi) is 8.79. The van der Waals surface area contributed by atoms with Crippen LogP contribution in [0.2, 0.25) is 0 Å². The van der Waals surface area contributed by atoms with Crippen LogP contribution < -0.4 is 15.0 Å². The van der Waals surface area contributed by atoms with Gasteiger partial charge < -0.3 is 19.7 Å². The quantitative estimate of drug-likeness (QED) is 0.142. The van der Waals surface area contributed by atoms with Crippen molar-refractivity contribution >= 4 is 44.7 Å². The molecule has 226 valence electrons. The summed E-state index contributed by atoms with van der Waals surface area (Å²) in [5.74, 6) is 0.366. The third-order valence-electron chi connectivity index (χ3n) is 6.57. The molecule has 1 atom stereocenters. The van der Waals surface area contributed by atoms with E-state index in [0.717, 1.165) is 23.5 Å². The summed E-state index contributed by atoms with van der Waals surface area (Å²) in [5, 5.41) is 21.5. The Morgan fingerprint density at radius 1 is 1.26 bits per heavy atom. The van der Waals surface area contributed by atoms with Gasteiger partial charge in [-0.2, -0.15) is 5.10 Å². The molecule has 1 aliphatic heterocycles. The van der Waals surface area contributed by atoms with Crippen LogP contribution in [-0.2, 0) is 20.3 Å². The van der Waals surface area contributed by atoms with E-state index in [0.29, 0.717) is 43.0 Å². The first-order valence-electron chi connectivity index (χ1n) is 13.1. The molecule has 0 saturated carbocycles. The van der Waals surface area contributed by atoms with E-state index in [4.69, 9.17) is 14.5 Å². The first-order valence-corrected chi connectivity index (χ1v) is 15.5. The highest BCUT2D eigenvalue weighted by atomic mass is 32.2. The number of sulfone groups is 1. The Hall–Kier alpha value is -4.28. The molecular weight excluding hydrogens is 601 g/mol. The highest BCUT2D eigenvalue weighted by Gasteiger charge is 2.28. The highest BCUT2D eigenvalue weighted by Crippen LogP contribution is 2.40. The van der Waals surface area contributed by atoms with Gasteiger partial charge >= 0.3 is 0 Å². The van der Waals surface area contributed by atoms with Crippen molar-refractivity contribution in [1.29, 1.82) is 0 Å². The van der Waals surface area contributed by atoms with Crippen molar-refractivity contribution in [1.82, 2.24) is 20.2 Å². The van der Waals surface area contributed by atoms with Crippen molar-refractivity contribution in [2.75, 3.05) is 37.1 Å². The van der Waals surface area contributed by atoms with E-state index in [1.165, 1.54) is 43.5 Å². The van der Waals surface area contributed by atoms with Gasteiger partial charge in [0, 0.05) is 30.4 Å². The van der Waals surface area contributed by atoms with E-state index >= 15 is 4.39 Å². The molecule has 0 bridgehead atoms. The van der Waals surface area contributed by atoms with Gasteiger partial charge in [0.05, 0.1) is 46.8 Å². The molecule has 0 amide bonds. The maximum absolute atomic E-state index is 15.4.